The molecule has 0 saturated heterocycles. The lowest BCUT2D eigenvalue weighted by atomic mass is 10.0. The number of amides is 1. The summed E-state index contributed by atoms with van der Waals surface area (Å²) in [6, 6.07) is 15.0. The lowest BCUT2D eigenvalue weighted by molar-refractivity contribution is -0.117. The number of halogens is 2. The summed E-state index contributed by atoms with van der Waals surface area (Å²) in [4.78, 5) is 16.7. The van der Waals surface area contributed by atoms with Gasteiger partial charge in [-0.1, -0.05) is 30.3 Å². The maximum Gasteiger partial charge on any atom is 0.228 e. The van der Waals surface area contributed by atoms with Gasteiger partial charge in [-0.25, -0.2) is 8.78 Å². The Labute approximate surface area is 156 Å². The maximum atomic E-state index is 13.9. The Kier molecular flexibility index (Phi) is 4.67. The highest BCUT2D eigenvalue weighted by Crippen LogP contribution is 2.49. The molecule has 1 amide bonds. The number of aromatic nitrogens is 1. The lowest BCUT2D eigenvalue weighted by Crippen LogP contribution is -2.16. The van der Waals surface area contributed by atoms with Crippen molar-refractivity contribution >= 4 is 11.6 Å². The summed E-state index contributed by atoms with van der Waals surface area (Å²) in [6.45, 7) is 0. The molecule has 1 aliphatic rings. The van der Waals surface area contributed by atoms with Crippen LogP contribution in [0.4, 0.5) is 14.5 Å². The van der Waals surface area contributed by atoms with E-state index in [0.29, 0.717) is 18.4 Å². The normalized spacial score (nSPS) is 18.1. The number of carbonyl (C=O) groups excluding carboxylic acids is 1. The summed E-state index contributed by atoms with van der Waals surface area (Å²) in [5.41, 5.74) is 3.19. The Hall–Kier alpha value is -3.08. The maximum absolute atomic E-state index is 13.9. The SMILES string of the molecule is O=C(Nc1ccccc1Cc1cccnc1)[C@@H]1C[C@H]1c1ccc(F)cc1F. The third kappa shape index (κ3) is 3.87. The summed E-state index contributed by atoms with van der Waals surface area (Å²) in [5, 5.41) is 2.97. The zero-order chi connectivity index (χ0) is 18.8. The van der Waals surface area contributed by atoms with E-state index < -0.39 is 11.6 Å². The van der Waals surface area contributed by atoms with Crippen molar-refractivity contribution in [2.75, 3.05) is 5.32 Å². The summed E-state index contributed by atoms with van der Waals surface area (Å²) in [5.74, 6) is -1.83. The molecule has 3 nitrogen and oxygen atoms in total. The van der Waals surface area contributed by atoms with Gasteiger partial charge in [0.2, 0.25) is 5.91 Å². The Bertz CT molecular complexity index is 975. The number of pyridine rings is 1. The first-order chi connectivity index (χ1) is 13.1. The molecule has 136 valence electrons. The molecule has 1 aromatic heterocycles. The van der Waals surface area contributed by atoms with Gasteiger partial charge in [0.1, 0.15) is 11.6 Å². The van der Waals surface area contributed by atoms with E-state index in [0.717, 1.165) is 22.9 Å². The molecule has 2 aromatic carbocycles. The second-order valence-electron chi connectivity index (χ2n) is 6.80. The highest BCUT2D eigenvalue weighted by Gasteiger charge is 2.45. The quantitative estimate of drug-likeness (QED) is 0.713. The van der Waals surface area contributed by atoms with Crippen molar-refractivity contribution in [2.45, 2.75) is 18.8 Å². The smallest absolute Gasteiger partial charge is 0.228 e. The molecule has 0 spiro atoms. The fourth-order valence-corrected chi connectivity index (χ4v) is 3.38. The number of nitrogens with zero attached hydrogens (tertiary/aromatic N) is 1. The standard InChI is InChI=1S/C22H18F2N2O/c23-16-7-8-17(20(24)11-16)18-12-19(18)22(27)26-21-6-2-1-5-15(21)10-14-4-3-9-25-13-14/h1-9,11,13,18-19H,10,12H2,(H,26,27)/t18-,19+/m0/s1. The highest BCUT2D eigenvalue weighted by atomic mass is 19.1. The van der Waals surface area contributed by atoms with E-state index in [9.17, 15) is 13.6 Å². The minimum atomic E-state index is -0.609. The van der Waals surface area contributed by atoms with Crippen molar-refractivity contribution in [2.24, 2.45) is 5.92 Å². The van der Waals surface area contributed by atoms with Crippen LogP contribution in [0, 0.1) is 17.6 Å². The molecule has 5 heteroatoms. The Morgan fingerprint density at radius 3 is 2.74 bits per heavy atom. The van der Waals surface area contributed by atoms with Crippen molar-refractivity contribution < 1.29 is 13.6 Å². The van der Waals surface area contributed by atoms with E-state index in [1.165, 1.54) is 12.1 Å². The van der Waals surface area contributed by atoms with Crippen molar-refractivity contribution in [3.05, 3.63) is 95.3 Å². The molecule has 1 heterocycles. The highest BCUT2D eigenvalue weighted by molar-refractivity contribution is 5.95. The molecule has 1 N–H and O–H groups in total. The third-order valence-corrected chi connectivity index (χ3v) is 4.88. The number of hydrogen-bond acceptors (Lipinski definition) is 2. The average molecular weight is 364 g/mol. The molecule has 0 unspecified atom stereocenters. The number of nitrogens with one attached hydrogen (secondary N) is 1. The van der Waals surface area contributed by atoms with Crippen LogP contribution in [0.15, 0.2) is 67.0 Å². The van der Waals surface area contributed by atoms with E-state index >= 15 is 0 Å². The van der Waals surface area contributed by atoms with Gasteiger partial charge in [-0.2, -0.15) is 0 Å². The van der Waals surface area contributed by atoms with Crippen LogP contribution in [0.2, 0.25) is 0 Å². The van der Waals surface area contributed by atoms with Gasteiger partial charge in [0.15, 0.2) is 0 Å². The average Bonchev–Trinajstić information content (AvgIpc) is 3.45. The van der Waals surface area contributed by atoms with Crippen LogP contribution in [0.3, 0.4) is 0 Å². The fraction of sp³-hybridized carbons (Fsp3) is 0.182. The number of rotatable bonds is 5. The first-order valence-corrected chi connectivity index (χ1v) is 8.84. The van der Waals surface area contributed by atoms with E-state index in [1.807, 2.05) is 36.4 Å². The largest absolute Gasteiger partial charge is 0.326 e. The fourth-order valence-electron chi connectivity index (χ4n) is 3.38. The molecule has 4 rings (SSSR count). The van der Waals surface area contributed by atoms with E-state index in [-0.39, 0.29) is 17.7 Å². The topological polar surface area (TPSA) is 42.0 Å². The van der Waals surface area contributed by atoms with E-state index in [2.05, 4.69) is 10.3 Å². The van der Waals surface area contributed by atoms with Gasteiger partial charge in [0.25, 0.3) is 0 Å². The Balaban J connectivity index is 1.46. The number of benzene rings is 2. The van der Waals surface area contributed by atoms with Crippen LogP contribution < -0.4 is 5.32 Å². The Morgan fingerprint density at radius 1 is 1.11 bits per heavy atom. The van der Waals surface area contributed by atoms with Crippen LogP contribution in [0.5, 0.6) is 0 Å². The minimum Gasteiger partial charge on any atom is -0.326 e. The molecule has 1 fully saturated rings. The molecule has 27 heavy (non-hydrogen) atoms. The first kappa shape index (κ1) is 17.3. The lowest BCUT2D eigenvalue weighted by Gasteiger charge is -2.11. The van der Waals surface area contributed by atoms with Gasteiger partial charge in [-0.05, 0) is 47.2 Å². The molecule has 2 atom stereocenters. The van der Waals surface area contributed by atoms with Gasteiger partial charge >= 0.3 is 0 Å². The number of para-hydroxylation sites is 1. The van der Waals surface area contributed by atoms with E-state index in [4.69, 9.17) is 0 Å². The number of hydrogen-bond donors (Lipinski definition) is 1. The second kappa shape index (κ2) is 7.27. The van der Waals surface area contributed by atoms with Crippen LogP contribution in [-0.4, -0.2) is 10.9 Å². The molecular formula is C22H18F2N2O. The summed E-state index contributed by atoms with van der Waals surface area (Å²) in [6.07, 6.45) is 4.75. The first-order valence-electron chi connectivity index (χ1n) is 8.84. The third-order valence-electron chi connectivity index (χ3n) is 4.88. The van der Waals surface area contributed by atoms with Crippen molar-refractivity contribution in [1.82, 2.24) is 4.98 Å². The molecule has 1 saturated carbocycles. The van der Waals surface area contributed by atoms with Gasteiger partial charge in [0, 0.05) is 36.5 Å². The summed E-state index contributed by atoms with van der Waals surface area (Å²) < 4.78 is 27.0. The van der Waals surface area contributed by atoms with Gasteiger partial charge < -0.3 is 5.32 Å². The summed E-state index contributed by atoms with van der Waals surface area (Å²) in [7, 11) is 0. The van der Waals surface area contributed by atoms with Crippen molar-refractivity contribution in [3.63, 3.8) is 0 Å². The van der Waals surface area contributed by atoms with Gasteiger partial charge in [-0.15, -0.1) is 0 Å². The predicted molar refractivity (Wildman–Crippen MR) is 99.3 cm³/mol. The van der Waals surface area contributed by atoms with Crippen LogP contribution in [-0.2, 0) is 11.2 Å². The molecule has 3 aromatic rings. The molecule has 0 radical (unpaired) electrons. The zero-order valence-corrected chi connectivity index (χ0v) is 14.5. The number of carbonyl (C=O) groups is 1. The van der Waals surface area contributed by atoms with Crippen LogP contribution in [0.25, 0.3) is 0 Å². The van der Waals surface area contributed by atoms with E-state index in [1.54, 1.807) is 12.4 Å². The van der Waals surface area contributed by atoms with Crippen molar-refractivity contribution in [3.8, 4) is 0 Å². The summed E-state index contributed by atoms with van der Waals surface area (Å²) >= 11 is 0. The molecular weight excluding hydrogens is 346 g/mol. The number of anilines is 1. The molecule has 1 aliphatic carbocycles. The minimum absolute atomic E-state index is 0.137. The predicted octanol–water partition coefficient (Wildman–Crippen LogP) is 4.69. The molecule has 0 bridgehead atoms. The monoisotopic (exact) mass is 364 g/mol. The zero-order valence-electron chi connectivity index (χ0n) is 14.5. The second-order valence-corrected chi connectivity index (χ2v) is 6.80. The Morgan fingerprint density at radius 2 is 1.96 bits per heavy atom. The molecule has 0 aliphatic heterocycles. The van der Waals surface area contributed by atoms with Crippen molar-refractivity contribution in [1.29, 1.82) is 0 Å². The van der Waals surface area contributed by atoms with Gasteiger partial charge in [-0.3, -0.25) is 9.78 Å². The van der Waals surface area contributed by atoms with Gasteiger partial charge in [0.05, 0.1) is 0 Å². The van der Waals surface area contributed by atoms with Crippen LogP contribution in [0.1, 0.15) is 29.0 Å². The van der Waals surface area contributed by atoms with Crippen LogP contribution >= 0.6 is 0 Å².